The Kier molecular flexibility index (Phi) is 2.51. The maximum Gasteiger partial charge on any atom is 0.147 e. The van der Waals surface area contributed by atoms with Gasteiger partial charge in [-0.2, -0.15) is 0 Å². The van der Waals surface area contributed by atoms with Gasteiger partial charge in [-0.25, -0.2) is 8.42 Å². The molecule has 1 aliphatic carbocycles. The first-order valence-corrected chi connectivity index (χ1v) is 4.47. The van der Waals surface area contributed by atoms with Gasteiger partial charge < -0.3 is 0 Å². The number of thiol groups is 1. The number of hydrogen-bond donors (Lipinski definition) is 1. The second-order valence-corrected chi connectivity index (χ2v) is 3.53. The van der Waals surface area contributed by atoms with Gasteiger partial charge in [-0.15, -0.1) is 0 Å². The highest BCUT2D eigenvalue weighted by Gasteiger charge is 2.15. The van der Waals surface area contributed by atoms with Crippen LogP contribution in [0.1, 0.15) is 32.1 Å². The van der Waals surface area contributed by atoms with E-state index in [1.807, 2.05) is 0 Å². The van der Waals surface area contributed by atoms with Gasteiger partial charge >= 0.3 is 0 Å². The first kappa shape index (κ1) is 7.06. The van der Waals surface area contributed by atoms with Gasteiger partial charge in [-0.05, 0) is 12.8 Å². The van der Waals surface area contributed by atoms with E-state index in [0.29, 0.717) is 0 Å². The number of rotatable bonds is 1. The molecule has 1 fully saturated rings. The van der Waals surface area contributed by atoms with E-state index in [-0.39, 0.29) is 0 Å². The Morgan fingerprint density at radius 3 is 1.89 bits per heavy atom. The molecule has 3 heteroatoms. The van der Waals surface area contributed by atoms with E-state index in [1.165, 1.54) is 6.42 Å². The molecule has 0 unspecified atom stereocenters. The van der Waals surface area contributed by atoms with E-state index in [0.717, 1.165) is 30.9 Å². The van der Waals surface area contributed by atoms with Crippen LogP contribution < -0.4 is 0 Å². The Balaban J connectivity index is 2.40. The van der Waals surface area contributed by atoms with Crippen LogP contribution in [-0.2, 0) is 10.7 Å². The summed E-state index contributed by atoms with van der Waals surface area (Å²) in [5, 5.41) is 0.760. The van der Waals surface area contributed by atoms with Crippen molar-refractivity contribution in [3.8, 4) is 0 Å². The Morgan fingerprint density at radius 2 is 1.56 bits per heavy atom. The molecule has 0 aromatic rings. The van der Waals surface area contributed by atoms with Crippen LogP contribution in [0.3, 0.4) is 0 Å². The molecule has 0 spiro atoms. The fourth-order valence-corrected chi connectivity index (χ4v) is 1.82. The standard InChI is InChI=1S/C6H11O2S/c7-9(8)6-4-2-1-3-5-6/h9H,1-5H2. The minimum Gasteiger partial charge on any atom is -0.231 e. The Labute approximate surface area is 57.2 Å². The highest BCUT2D eigenvalue weighted by molar-refractivity contribution is 7.75. The lowest BCUT2D eigenvalue weighted by Gasteiger charge is -2.13. The van der Waals surface area contributed by atoms with Crippen LogP contribution in [0.2, 0.25) is 0 Å². The Hall–Kier alpha value is -0.0500. The third kappa shape index (κ3) is 1.97. The molecule has 0 heterocycles. The molecule has 0 bridgehead atoms. The summed E-state index contributed by atoms with van der Waals surface area (Å²) >= 11 is 0. The van der Waals surface area contributed by atoms with Crippen LogP contribution in [0, 0.1) is 5.25 Å². The maximum absolute atomic E-state index is 10.4. The van der Waals surface area contributed by atoms with Crippen molar-refractivity contribution in [3.63, 3.8) is 0 Å². The van der Waals surface area contributed by atoms with Crippen molar-refractivity contribution in [1.29, 1.82) is 0 Å². The van der Waals surface area contributed by atoms with Gasteiger partial charge in [0.05, 0.1) is 5.25 Å². The zero-order chi connectivity index (χ0) is 6.69. The molecule has 53 valence electrons. The van der Waals surface area contributed by atoms with Gasteiger partial charge in [0.15, 0.2) is 0 Å². The topological polar surface area (TPSA) is 34.1 Å². The summed E-state index contributed by atoms with van der Waals surface area (Å²) in [7, 11) is -2.20. The molecule has 0 aromatic carbocycles. The van der Waals surface area contributed by atoms with Crippen LogP contribution in [0.5, 0.6) is 0 Å². The largest absolute Gasteiger partial charge is 0.231 e. The SMILES string of the molecule is O=[SH](=O)[C]1CCCCC1. The van der Waals surface area contributed by atoms with E-state index in [2.05, 4.69) is 0 Å². The van der Waals surface area contributed by atoms with Crippen molar-refractivity contribution in [2.24, 2.45) is 0 Å². The van der Waals surface area contributed by atoms with E-state index in [9.17, 15) is 8.42 Å². The zero-order valence-electron chi connectivity index (χ0n) is 5.30. The molecule has 1 rings (SSSR count). The first-order chi connectivity index (χ1) is 4.30. The van der Waals surface area contributed by atoms with E-state index in [1.54, 1.807) is 0 Å². The summed E-state index contributed by atoms with van der Waals surface area (Å²) in [6.45, 7) is 0. The predicted molar refractivity (Wildman–Crippen MR) is 36.6 cm³/mol. The van der Waals surface area contributed by atoms with Crippen molar-refractivity contribution in [2.45, 2.75) is 32.1 Å². The second kappa shape index (κ2) is 3.20. The van der Waals surface area contributed by atoms with Gasteiger partial charge in [0.25, 0.3) is 0 Å². The second-order valence-electron chi connectivity index (χ2n) is 2.38. The summed E-state index contributed by atoms with van der Waals surface area (Å²) in [5.41, 5.74) is 0. The molecule has 2 nitrogen and oxygen atoms in total. The molecule has 0 N–H and O–H groups in total. The molecule has 9 heavy (non-hydrogen) atoms. The van der Waals surface area contributed by atoms with Crippen molar-refractivity contribution in [3.05, 3.63) is 5.25 Å². The van der Waals surface area contributed by atoms with Crippen LogP contribution in [-0.4, -0.2) is 8.42 Å². The number of hydrogen-bond acceptors (Lipinski definition) is 2. The zero-order valence-corrected chi connectivity index (χ0v) is 6.19. The molecule has 0 saturated heterocycles. The molecular weight excluding hydrogens is 136 g/mol. The minimum atomic E-state index is -2.20. The summed E-state index contributed by atoms with van der Waals surface area (Å²) in [6.07, 6.45) is 4.97. The molecule has 1 aliphatic rings. The smallest absolute Gasteiger partial charge is 0.147 e. The van der Waals surface area contributed by atoms with Crippen LogP contribution >= 0.6 is 0 Å². The molecular formula is C6H11O2S. The molecule has 1 radical (unpaired) electrons. The summed E-state index contributed by atoms with van der Waals surface area (Å²) in [5.74, 6) is 0. The minimum absolute atomic E-state index is 0.760. The van der Waals surface area contributed by atoms with Crippen molar-refractivity contribution >= 4 is 10.7 Å². The van der Waals surface area contributed by atoms with Crippen LogP contribution in [0.25, 0.3) is 0 Å². The Bertz CT molecular complexity index is 137. The third-order valence-corrected chi connectivity index (χ3v) is 2.65. The molecule has 0 atom stereocenters. The van der Waals surface area contributed by atoms with Gasteiger partial charge in [0.1, 0.15) is 10.7 Å². The predicted octanol–water partition coefficient (Wildman–Crippen LogP) is 1.09. The summed E-state index contributed by atoms with van der Waals surface area (Å²) in [6, 6.07) is 0. The summed E-state index contributed by atoms with van der Waals surface area (Å²) in [4.78, 5) is 0. The molecule has 0 aromatic heterocycles. The van der Waals surface area contributed by atoms with Crippen molar-refractivity contribution < 1.29 is 8.42 Å². The van der Waals surface area contributed by atoms with E-state index >= 15 is 0 Å². The molecule has 0 aliphatic heterocycles. The van der Waals surface area contributed by atoms with E-state index in [4.69, 9.17) is 0 Å². The first-order valence-electron chi connectivity index (χ1n) is 3.30. The maximum atomic E-state index is 10.4. The fourth-order valence-electron chi connectivity index (χ4n) is 1.14. The lowest BCUT2D eigenvalue weighted by molar-refractivity contribution is 0.551. The average molecular weight is 147 g/mol. The third-order valence-electron chi connectivity index (χ3n) is 1.69. The molecule has 0 amide bonds. The quantitative estimate of drug-likeness (QED) is 0.563. The highest BCUT2D eigenvalue weighted by atomic mass is 32.2. The van der Waals surface area contributed by atoms with Gasteiger partial charge in [0.2, 0.25) is 0 Å². The van der Waals surface area contributed by atoms with Gasteiger partial charge in [0, 0.05) is 0 Å². The van der Waals surface area contributed by atoms with Gasteiger partial charge in [-0.3, -0.25) is 0 Å². The average Bonchev–Trinajstić information content (AvgIpc) is 1.90. The van der Waals surface area contributed by atoms with Crippen LogP contribution in [0.15, 0.2) is 0 Å². The van der Waals surface area contributed by atoms with Gasteiger partial charge in [-0.1, -0.05) is 19.3 Å². The van der Waals surface area contributed by atoms with Crippen molar-refractivity contribution in [1.82, 2.24) is 0 Å². The molecule has 1 saturated carbocycles. The van der Waals surface area contributed by atoms with Crippen LogP contribution in [0.4, 0.5) is 0 Å². The van der Waals surface area contributed by atoms with E-state index < -0.39 is 10.7 Å². The van der Waals surface area contributed by atoms with Crippen molar-refractivity contribution in [2.75, 3.05) is 0 Å². The summed E-state index contributed by atoms with van der Waals surface area (Å²) < 4.78 is 20.7. The lowest BCUT2D eigenvalue weighted by Crippen LogP contribution is -2.04. The fraction of sp³-hybridized carbons (Fsp3) is 0.833. The Morgan fingerprint density at radius 1 is 1.00 bits per heavy atom. The normalized spacial score (nSPS) is 22.8. The highest BCUT2D eigenvalue weighted by Crippen LogP contribution is 2.25. The monoisotopic (exact) mass is 147 g/mol. The lowest BCUT2D eigenvalue weighted by atomic mass is 10.0.